The summed E-state index contributed by atoms with van der Waals surface area (Å²) in [5.41, 5.74) is 2.42. The van der Waals surface area contributed by atoms with E-state index >= 15 is 0 Å². The molecular formula is C26H30N4O4. The van der Waals surface area contributed by atoms with Crippen molar-refractivity contribution in [2.24, 2.45) is 18.9 Å². The van der Waals surface area contributed by atoms with E-state index in [9.17, 15) is 15.0 Å². The first-order valence-corrected chi connectivity index (χ1v) is 11.5. The number of carboxylic acids is 1. The molecule has 0 unspecified atom stereocenters. The molecule has 1 fully saturated rings. The molecular weight excluding hydrogens is 432 g/mol. The van der Waals surface area contributed by atoms with Crippen LogP contribution in [0.15, 0.2) is 43.0 Å². The van der Waals surface area contributed by atoms with Gasteiger partial charge in [-0.3, -0.25) is 14.7 Å². The molecule has 178 valence electrons. The van der Waals surface area contributed by atoms with Gasteiger partial charge in [0.1, 0.15) is 11.4 Å². The van der Waals surface area contributed by atoms with Gasteiger partial charge in [-0.1, -0.05) is 5.92 Å². The van der Waals surface area contributed by atoms with Crippen LogP contribution in [0, 0.1) is 23.7 Å². The van der Waals surface area contributed by atoms with Gasteiger partial charge >= 0.3 is 5.97 Å². The molecule has 34 heavy (non-hydrogen) atoms. The number of carboxylic acid groups (broad SMARTS) is 1. The number of hydrogen-bond donors (Lipinski definition) is 2. The number of pyridine rings is 1. The molecule has 2 aromatic heterocycles. The number of rotatable bonds is 7. The highest BCUT2D eigenvalue weighted by molar-refractivity contribution is 5.83. The Morgan fingerprint density at radius 2 is 2.21 bits per heavy atom. The molecule has 1 aliphatic heterocycles. The quantitative estimate of drug-likeness (QED) is 0.521. The Morgan fingerprint density at radius 1 is 1.35 bits per heavy atom. The Labute approximate surface area is 199 Å². The van der Waals surface area contributed by atoms with E-state index in [1.165, 1.54) is 0 Å². The summed E-state index contributed by atoms with van der Waals surface area (Å²) in [6.07, 6.45) is 6.31. The number of carbonyl (C=O) groups is 1. The Kier molecular flexibility index (Phi) is 7.46. The fraction of sp³-hybridized carbons (Fsp3) is 0.423. The Bertz CT molecular complexity index is 1210. The minimum Gasteiger partial charge on any atom is -0.497 e. The van der Waals surface area contributed by atoms with Gasteiger partial charge < -0.3 is 19.5 Å². The fourth-order valence-electron chi connectivity index (χ4n) is 4.65. The van der Waals surface area contributed by atoms with E-state index in [0.717, 1.165) is 35.1 Å². The van der Waals surface area contributed by atoms with Gasteiger partial charge in [-0.2, -0.15) is 0 Å². The molecule has 3 aromatic rings. The molecule has 8 heteroatoms. The van der Waals surface area contributed by atoms with Crippen LogP contribution in [-0.4, -0.2) is 62.4 Å². The smallest absolute Gasteiger partial charge is 0.308 e. The molecule has 1 aliphatic rings. The average Bonchev–Trinajstić information content (AvgIpc) is 3.26. The summed E-state index contributed by atoms with van der Waals surface area (Å²) in [6.45, 7) is 1.78. The number of nitrogens with zero attached hydrogens (tertiary/aromatic N) is 4. The van der Waals surface area contributed by atoms with E-state index in [1.807, 2.05) is 35.9 Å². The van der Waals surface area contributed by atoms with E-state index < -0.39 is 18.0 Å². The molecule has 8 nitrogen and oxygen atoms in total. The maximum atomic E-state index is 12.0. The van der Waals surface area contributed by atoms with E-state index in [0.29, 0.717) is 31.7 Å². The number of aliphatic hydroxyl groups is 1. The van der Waals surface area contributed by atoms with Crippen molar-refractivity contribution in [3.05, 3.63) is 54.2 Å². The first-order chi connectivity index (χ1) is 16.5. The first-order valence-electron chi connectivity index (χ1n) is 11.5. The molecule has 0 saturated carbocycles. The molecule has 0 bridgehead atoms. The lowest BCUT2D eigenvalue weighted by Gasteiger charge is -2.36. The first kappa shape index (κ1) is 23.7. The van der Waals surface area contributed by atoms with Gasteiger partial charge in [0.25, 0.3) is 0 Å². The van der Waals surface area contributed by atoms with Crippen molar-refractivity contribution in [2.45, 2.75) is 25.4 Å². The van der Waals surface area contributed by atoms with Crippen LogP contribution in [0.25, 0.3) is 10.9 Å². The third-order valence-electron chi connectivity index (χ3n) is 6.65. The lowest BCUT2D eigenvalue weighted by atomic mass is 9.81. The van der Waals surface area contributed by atoms with Gasteiger partial charge in [0, 0.05) is 25.2 Å². The van der Waals surface area contributed by atoms with Gasteiger partial charge in [0.15, 0.2) is 0 Å². The summed E-state index contributed by atoms with van der Waals surface area (Å²) in [6, 6.07) is 7.42. The zero-order chi connectivity index (χ0) is 24.1. The van der Waals surface area contributed by atoms with Crippen LogP contribution in [0.5, 0.6) is 5.75 Å². The molecule has 0 spiro atoms. The van der Waals surface area contributed by atoms with Gasteiger partial charge in [-0.25, -0.2) is 4.98 Å². The highest BCUT2D eigenvalue weighted by Gasteiger charge is 2.34. The Morgan fingerprint density at radius 3 is 2.94 bits per heavy atom. The molecule has 0 radical (unpaired) electrons. The second kappa shape index (κ2) is 10.7. The zero-order valence-corrected chi connectivity index (χ0v) is 19.5. The van der Waals surface area contributed by atoms with E-state index in [1.54, 1.807) is 25.8 Å². The number of aliphatic hydroxyl groups excluding tert-OH is 1. The Hall–Kier alpha value is -3.41. The second-order valence-corrected chi connectivity index (χ2v) is 8.80. The van der Waals surface area contributed by atoms with Crippen LogP contribution in [0.2, 0.25) is 0 Å². The second-order valence-electron chi connectivity index (χ2n) is 8.80. The van der Waals surface area contributed by atoms with Crippen LogP contribution in [0.3, 0.4) is 0 Å². The predicted octanol–water partition coefficient (Wildman–Crippen LogP) is 2.86. The van der Waals surface area contributed by atoms with Crippen molar-refractivity contribution in [3.63, 3.8) is 0 Å². The molecule has 0 amide bonds. The fourth-order valence-corrected chi connectivity index (χ4v) is 4.65. The van der Waals surface area contributed by atoms with Crippen molar-refractivity contribution in [3.8, 4) is 17.6 Å². The summed E-state index contributed by atoms with van der Waals surface area (Å²) in [4.78, 5) is 22.5. The monoisotopic (exact) mass is 462 g/mol. The third kappa shape index (κ3) is 5.38. The average molecular weight is 463 g/mol. The van der Waals surface area contributed by atoms with Crippen molar-refractivity contribution < 1.29 is 19.7 Å². The van der Waals surface area contributed by atoms with E-state index in [-0.39, 0.29) is 5.92 Å². The molecule has 1 aromatic carbocycles. The minimum absolute atomic E-state index is 0.0103. The number of likely N-dealkylation sites (tertiary alicyclic amines) is 1. The zero-order valence-electron chi connectivity index (χ0n) is 19.5. The number of aromatic nitrogens is 3. The SMILES string of the molecule is COc1ccc2nccc([C@H](O)CC[C@@H]3CCN(CC#Cc4cncn4C)C[C@@H]3C(=O)O)c2c1. The predicted molar refractivity (Wildman–Crippen MR) is 128 cm³/mol. The summed E-state index contributed by atoms with van der Waals surface area (Å²) in [5.74, 6) is 5.68. The van der Waals surface area contributed by atoms with Crippen molar-refractivity contribution >= 4 is 16.9 Å². The number of benzene rings is 1. The normalized spacial score (nSPS) is 19.4. The van der Waals surface area contributed by atoms with Crippen molar-refractivity contribution in [2.75, 3.05) is 26.7 Å². The highest BCUT2D eigenvalue weighted by Crippen LogP contribution is 2.33. The van der Waals surface area contributed by atoms with Gasteiger partial charge in [0.05, 0.1) is 43.7 Å². The molecule has 2 N–H and O–H groups in total. The van der Waals surface area contributed by atoms with Crippen molar-refractivity contribution in [1.82, 2.24) is 19.4 Å². The number of aryl methyl sites for hydroxylation is 1. The number of piperidine rings is 1. The molecule has 3 heterocycles. The van der Waals surface area contributed by atoms with Crippen LogP contribution < -0.4 is 4.74 Å². The standard InChI is InChI=1S/C26H30N4O4/c1-29-17-27-15-19(29)4-3-12-30-13-10-18(23(16-30)26(32)33)5-8-25(31)21-9-11-28-24-7-6-20(34-2)14-22(21)24/h6-7,9,11,14-15,17-18,23,25,31H,5,8,10,12-13,16H2,1-2H3,(H,32,33)/t18-,23+,25-/m1/s1. The summed E-state index contributed by atoms with van der Waals surface area (Å²) in [7, 11) is 3.50. The van der Waals surface area contributed by atoms with E-state index in [2.05, 4.69) is 26.7 Å². The number of methoxy groups -OCH3 is 1. The Balaban J connectivity index is 1.38. The highest BCUT2D eigenvalue weighted by atomic mass is 16.5. The largest absolute Gasteiger partial charge is 0.497 e. The number of imidazole rings is 1. The molecule has 0 aliphatic carbocycles. The van der Waals surface area contributed by atoms with Crippen molar-refractivity contribution in [1.29, 1.82) is 0 Å². The van der Waals surface area contributed by atoms with Crippen LogP contribution in [-0.2, 0) is 11.8 Å². The van der Waals surface area contributed by atoms with Gasteiger partial charge in [-0.05, 0) is 67.5 Å². The maximum absolute atomic E-state index is 12.0. The van der Waals surface area contributed by atoms with Gasteiger partial charge in [-0.15, -0.1) is 0 Å². The minimum atomic E-state index is -0.789. The van der Waals surface area contributed by atoms with E-state index in [4.69, 9.17) is 4.74 Å². The van der Waals surface area contributed by atoms with Crippen LogP contribution in [0.1, 0.15) is 36.6 Å². The lowest BCUT2D eigenvalue weighted by molar-refractivity contribution is -0.146. The number of aliphatic carboxylic acids is 1. The molecule has 3 atom stereocenters. The third-order valence-corrected chi connectivity index (χ3v) is 6.65. The lowest BCUT2D eigenvalue weighted by Crippen LogP contribution is -2.44. The summed E-state index contributed by atoms with van der Waals surface area (Å²) in [5, 5.41) is 21.7. The van der Waals surface area contributed by atoms with Gasteiger partial charge in [0.2, 0.25) is 0 Å². The molecule has 4 rings (SSSR count). The number of fused-ring (bicyclic) bond motifs is 1. The van der Waals surface area contributed by atoms with Crippen LogP contribution >= 0.6 is 0 Å². The maximum Gasteiger partial charge on any atom is 0.308 e. The summed E-state index contributed by atoms with van der Waals surface area (Å²) < 4.78 is 7.18. The summed E-state index contributed by atoms with van der Waals surface area (Å²) >= 11 is 0. The van der Waals surface area contributed by atoms with Crippen LogP contribution in [0.4, 0.5) is 0 Å². The molecule has 1 saturated heterocycles. The number of hydrogen-bond acceptors (Lipinski definition) is 6. The topological polar surface area (TPSA) is 101 Å². The number of ether oxygens (including phenoxy) is 1.